The summed E-state index contributed by atoms with van der Waals surface area (Å²) in [5, 5.41) is 5.71. The standard InChI is InChI=1S/C12H16ClN3O/c1-12(2,3)6-7-14-11(17)16-10-5-4-9(13)8-15-10/h4-8H,1-3H3,(H2,14,15,16,17)/b7-6+. The summed E-state index contributed by atoms with van der Waals surface area (Å²) < 4.78 is 0. The third-order valence-corrected chi connectivity index (χ3v) is 1.99. The van der Waals surface area contributed by atoms with Gasteiger partial charge in [-0.2, -0.15) is 0 Å². The molecule has 0 saturated heterocycles. The summed E-state index contributed by atoms with van der Waals surface area (Å²) in [5.74, 6) is 0.455. The van der Waals surface area contributed by atoms with Gasteiger partial charge in [-0.15, -0.1) is 0 Å². The Hall–Kier alpha value is -1.55. The quantitative estimate of drug-likeness (QED) is 0.849. The first-order valence-electron chi connectivity index (χ1n) is 5.23. The number of hydrogen-bond acceptors (Lipinski definition) is 2. The molecule has 0 unspecified atom stereocenters. The van der Waals surface area contributed by atoms with Gasteiger partial charge in [0, 0.05) is 12.4 Å². The zero-order valence-electron chi connectivity index (χ0n) is 10.1. The fraction of sp³-hybridized carbons (Fsp3) is 0.333. The molecule has 0 aliphatic rings. The molecule has 0 bridgehead atoms. The minimum Gasteiger partial charge on any atom is -0.315 e. The van der Waals surface area contributed by atoms with Gasteiger partial charge in [-0.1, -0.05) is 38.4 Å². The van der Waals surface area contributed by atoms with Gasteiger partial charge in [0.25, 0.3) is 0 Å². The summed E-state index contributed by atoms with van der Waals surface area (Å²) >= 11 is 5.68. The van der Waals surface area contributed by atoms with E-state index < -0.39 is 0 Å². The van der Waals surface area contributed by atoms with E-state index in [0.29, 0.717) is 10.8 Å². The van der Waals surface area contributed by atoms with Crippen LogP contribution in [0.5, 0.6) is 0 Å². The van der Waals surface area contributed by atoms with Crippen LogP contribution in [0, 0.1) is 5.41 Å². The Morgan fingerprint density at radius 3 is 2.65 bits per heavy atom. The Labute approximate surface area is 106 Å². The van der Waals surface area contributed by atoms with Crippen molar-refractivity contribution in [3.63, 3.8) is 0 Å². The topological polar surface area (TPSA) is 54.0 Å². The number of nitrogens with zero attached hydrogens (tertiary/aromatic N) is 1. The Bertz CT molecular complexity index is 407. The zero-order chi connectivity index (χ0) is 12.9. The van der Waals surface area contributed by atoms with E-state index in [9.17, 15) is 4.79 Å². The Morgan fingerprint density at radius 1 is 1.41 bits per heavy atom. The van der Waals surface area contributed by atoms with Crippen LogP contribution >= 0.6 is 11.6 Å². The molecule has 0 aromatic carbocycles. The summed E-state index contributed by atoms with van der Waals surface area (Å²) in [5.41, 5.74) is 0.0335. The van der Waals surface area contributed by atoms with E-state index in [1.54, 1.807) is 18.3 Å². The number of halogens is 1. The number of nitrogens with one attached hydrogen (secondary N) is 2. The molecule has 2 N–H and O–H groups in total. The summed E-state index contributed by atoms with van der Waals surface area (Å²) in [6.45, 7) is 6.14. The molecule has 1 heterocycles. The molecule has 1 rings (SSSR count). The van der Waals surface area contributed by atoms with Crippen LogP contribution < -0.4 is 10.6 Å². The number of carbonyl (C=O) groups is 1. The third-order valence-electron chi connectivity index (χ3n) is 1.77. The zero-order valence-corrected chi connectivity index (χ0v) is 10.9. The van der Waals surface area contributed by atoms with Gasteiger partial charge in [0.2, 0.25) is 0 Å². The van der Waals surface area contributed by atoms with E-state index in [2.05, 4.69) is 15.6 Å². The Balaban J connectivity index is 2.45. The first kappa shape index (κ1) is 13.5. The number of rotatable bonds is 2. The van der Waals surface area contributed by atoms with Crippen LogP contribution in [0.15, 0.2) is 30.6 Å². The molecular weight excluding hydrogens is 238 g/mol. The molecule has 0 aliphatic carbocycles. The highest BCUT2D eigenvalue weighted by atomic mass is 35.5. The summed E-state index contributed by atoms with van der Waals surface area (Å²) in [7, 11) is 0. The fourth-order valence-electron chi connectivity index (χ4n) is 0.970. The van der Waals surface area contributed by atoms with Crippen molar-refractivity contribution in [2.75, 3.05) is 5.32 Å². The molecule has 17 heavy (non-hydrogen) atoms. The van der Waals surface area contributed by atoms with Crippen molar-refractivity contribution in [3.05, 3.63) is 35.6 Å². The lowest BCUT2D eigenvalue weighted by Crippen LogP contribution is -2.24. The molecule has 2 amide bonds. The SMILES string of the molecule is CC(C)(C)/C=C/NC(=O)Nc1ccc(Cl)cn1. The third kappa shape index (κ3) is 5.92. The number of aromatic nitrogens is 1. The van der Waals surface area contributed by atoms with Crippen molar-refractivity contribution in [1.29, 1.82) is 0 Å². The van der Waals surface area contributed by atoms with Crippen LogP contribution in [0.1, 0.15) is 20.8 Å². The van der Waals surface area contributed by atoms with Gasteiger partial charge < -0.3 is 5.32 Å². The summed E-state index contributed by atoms with van der Waals surface area (Å²) in [4.78, 5) is 15.4. The van der Waals surface area contributed by atoms with E-state index in [4.69, 9.17) is 11.6 Å². The first-order chi connectivity index (χ1) is 7.87. The van der Waals surface area contributed by atoms with Gasteiger partial charge in [-0.25, -0.2) is 9.78 Å². The smallest absolute Gasteiger partial charge is 0.315 e. The molecule has 0 aliphatic heterocycles. The average molecular weight is 254 g/mol. The predicted molar refractivity (Wildman–Crippen MR) is 70.0 cm³/mol. The van der Waals surface area contributed by atoms with Gasteiger partial charge >= 0.3 is 6.03 Å². The van der Waals surface area contributed by atoms with Crippen LogP contribution in [-0.4, -0.2) is 11.0 Å². The highest BCUT2D eigenvalue weighted by molar-refractivity contribution is 6.30. The maximum absolute atomic E-state index is 11.4. The Morgan fingerprint density at radius 2 is 2.12 bits per heavy atom. The predicted octanol–water partition coefficient (Wildman–Crippen LogP) is 3.42. The molecule has 1 aromatic rings. The minimum atomic E-state index is -0.333. The highest BCUT2D eigenvalue weighted by Gasteiger charge is 2.04. The number of pyridine rings is 1. The number of allylic oxidation sites excluding steroid dienone is 1. The van der Waals surface area contributed by atoms with Gasteiger partial charge in [0.15, 0.2) is 0 Å². The average Bonchev–Trinajstić information content (AvgIpc) is 2.19. The van der Waals surface area contributed by atoms with Crippen molar-refractivity contribution in [3.8, 4) is 0 Å². The molecule has 0 fully saturated rings. The monoisotopic (exact) mass is 253 g/mol. The maximum Gasteiger partial charge on any atom is 0.324 e. The van der Waals surface area contributed by atoms with Gasteiger partial charge in [-0.3, -0.25) is 5.32 Å². The number of hydrogen-bond donors (Lipinski definition) is 2. The van der Waals surface area contributed by atoms with Gasteiger partial charge in [-0.05, 0) is 17.5 Å². The molecular formula is C12H16ClN3O. The molecule has 0 saturated carbocycles. The van der Waals surface area contributed by atoms with E-state index in [0.717, 1.165) is 0 Å². The molecule has 92 valence electrons. The lowest BCUT2D eigenvalue weighted by Gasteiger charge is -2.11. The second-order valence-corrected chi connectivity index (χ2v) is 5.10. The first-order valence-corrected chi connectivity index (χ1v) is 5.61. The molecule has 0 spiro atoms. The molecule has 0 atom stereocenters. The number of anilines is 1. The van der Waals surface area contributed by atoms with E-state index >= 15 is 0 Å². The summed E-state index contributed by atoms with van der Waals surface area (Å²) in [6, 6.07) is 2.96. The van der Waals surface area contributed by atoms with Crippen molar-refractivity contribution in [2.45, 2.75) is 20.8 Å². The summed E-state index contributed by atoms with van der Waals surface area (Å²) in [6.07, 6.45) is 5.00. The van der Waals surface area contributed by atoms with E-state index in [-0.39, 0.29) is 11.4 Å². The van der Waals surface area contributed by atoms with E-state index in [1.807, 2.05) is 26.8 Å². The highest BCUT2D eigenvalue weighted by Crippen LogP contribution is 2.13. The van der Waals surface area contributed by atoms with Crippen molar-refractivity contribution in [2.24, 2.45) is 5.41 Å². The molecule has 4 nitrogen and oxygen atoms in total. The Kier molecular flexibility index (Phi) is 4.52. The maximum atomic E-state index is 11.4. The lowest BCUT2D eigenvalue weighted by molar-refractivity contribution is 0.255. The minimum absolute atomic E-state index is 0.0335. The van der Waals surface area contributed by atoms with Crippen molar-refractivity contribution >= 4 is 23.4 Å². The van der Waals surface area contributed by atoms with Crippen LogP contribution in [-0.2, 0) is 0 Å². The fourth-order valence-corrected chi connectivity index (χ4v) is 1.08. The van der Waals surface area contributed by atoms with Crippen molar-refractivity contribution < 1.29 is 4.79 Å². The molecule has 5 heteroatoms. The second kappa shape index (κ2) is 5.68. The second-order valence-electron chi connectivity index (χ2n) is 4.66. The van der Waals surface area contributed by atoms with Gasteiger partial charge in [0.05, 0.1) is 5.02 Å². The van der Waals surface area contributed by atoms with Crippen molar-refractivity contribution in [1.82, 2.24) is 10.3 Å². The number of amides is 2. The number of urea groups is 1. The number of carbonyl (C=O) groups excluding carboxylic acids is 1. The normalized spacial score (nSPS) is 11.5. The largest absolute Gasteiger partial charge is 0.324 e. The van der Waals surface area contributed by atoms with E-state index in [1.165, 1.54) is 6.20 Å². The van der Waals surface area contributed by atoms with Crippen LogP contribution in [0.4, 0.5) is 10.6 Å². The van der Waals surface area contributed by atoms with Gasteiger partial charge in [0.1, 0.15) is 5.82 Å². The lowest BCUT2D eigenvalue weighted by atomic mass is 9.97. The van der Waals surface area contributed by atoms with Crippen LogP contribution in [0.2, 0.25) is 5.02 Å². The van der Waals surface area contributed by atoms with Crippen LogP contribution in [0.25, 0.3) is 0 Å². The van der Waals surface area contributed by atoms with Crippen LogP contribution in [0.3, 0.4) is 0 Å². The molecule has 0 radical (unpaired) electrons. The molecule has 1 aromatic heterocycles.